The molecule has 0 amide bonds. The number of likely N-dealkylation sites (tertiary alicyclic amines) is 1. The Morgan fingerprint density at radius 2 is 2.00 bits per heavy atom. The van der Waals surface area contributed by atoms with Crippen LogP contribution in [0.5, 0.6) is 0 Å². The maximum Gasteiger partial charge on any atom is 0.0589 e. The third-order valence-corrected chi connectivity index (χ3v) is 2.90. The summed E-state index contributed by atoms with van der Waals surface area (Å²) in [6.45, 7) is 6.86. The molecule has 0 unspecified atom stereocenters. The van der Waals surface area contributed by atoms with Gasteiger partial charge in [0.15, 0.2) is 0 Å². The fraction of sp³-hybridized carbons (Fsp3) is 1.00. The number of rotatable bonds is 4. The van der Waals surface area contributed by atoms with E-state index < -0.39 is 0 Å². The van der Waals surface area contributed by atoms with Crippen LogP contribution in [-0.4, -0.2) is 38.3 Å². The van der Waals surface area contributed by atoms with E-state index >= 15 is 0 Å². The summed E-state index contributed by atoms with van der Waals surface area (Å²) < 4.78 is 5.06. The first kappa shape index (κ1) is 10.0. The van der Waals surface area contributed by atoms with Crippen LogP contribution in [0, 0.1) is 5.92 Å². The van der Waals surface area contributed by atoms with Gasteiger partial charge in [0, 0.05) is 13.7 Å². The topological polar surface area (TPSA) is 12.5 Å². The third-order valence-electron chi connectivity index (χ3n) is 2.90. The second kappa shape index (κ2) is 5.55. The fourth-order valence-electron chi connectivity index (χ4n) is 1.84. The highest BCUT2D eigenvalue weighted by Crippen LogP contribution is 2.19. The predicted molar refractivity (Wildman–Crippen MR) is 51.3 cm³/mol. The van der Waals surface area contributed by atoms with Gasteiger partial charge in [-0.2, -0.15) is 0 Å². The molecule has 0 spiro atoms. The number of methoxy groups -OCH3 is 1. The molecule has 0 N–H and O–H groups in total. The van der Waals surface area contributed by atoms with Crippen LogP contribution in [0.15, 0.2) is 0 Å². The van der Waals surface area contributed by atoms with E-state index in [-0.39, 0.29) is 0 Å². The molecule has 0 aromatic rings. The first-order valence-corrected chi connectivity index (χ1v) is 5.08. The molecule has 1 aliphatic rings. The molecule has 1 aliphatic heterocycles. The van der Waals surface area contributed by atoms with Crippen molar-refractivity contribution in [1.29, 1.82) is 0 Å². The van der Waals surface area contributed by atoms with Gasteiger partial charge in [0.2, 0.25) is 0 Å². The van der Waals surface area contributed by atoms with Gasteiger partial charge in [-0.3, -0.25) is 0 Å². The van der Waals surface area contributed by atoms with Crippen molar-refractivity contribution in [3.63, 3.8) is 0 Å². The first-order chi connectivity index (χ1) is 5.86. The molecule has 1 rings (SSSR count). The Hall–Kier alpha value is -0.0800. The van der Waals surface area contributed by atoms with Gasteiger partial charge in [0.25, 0.3) is 0 Å². The number of hydrogen-bond donors (Lipinski definition) is 0. The Morgan fingerprint density at radius 3 is 2.50 bits per heavy atom. The van der Waals surface area contributed by atoms with Gasteiger partial charge >= 0.3 is 0 Å². The predicted octanol–water partition coefficient (Wildman–Crippen LogP) is 1.75. The fourth-order valence-corrected chi connectivity index (χ4v) is 1.84. The summed E-state index contributed by atoms with van der Waals surface area (Å²) in [5.41, 5.74) is 0. The van der Waals surface area contributed by atoms with Gasteiger partial charge in [-0.05, 0) is 31.8 Å². The van der Waals surface area contributed by atoms with Crippen LogP contribution in [0.3, 0.4) is 0 Å². The van der Waals surface area contributed by atoms with E-state index in [0.717, 1.165) is 19.1 Å². The van der Waals surface area contributed by atoms with Gasteiger partial charge in [0.1, 0.15) is 0 Å². The summed E-state index contributed by atoms with van der Waals surface area (Å²) in [5.74, 6) is 0.990. The van der Waals surface area contributed by atoms with Gasteiger partial charge in [-0.25, -0.2) is 0 Å². The molecule has 1 saturated heterocycles. The van der Waals surface area contributed by atoms with E-state index in [2.05, 4.69) is 11.8 Å². The first-order valence-electron chi connectivity index (χ1n) is 5.08. The average Bonchev–Trinajstić information content (AvgIpc) is 2.15. The summed E-state index contributed by atoms with van der Waals surface area (Å²) in [4.78, 5) is 2.51. The lowest BCUT2D eigenvalue weighted by atomic mass is 9.94. The SMILES string of the molecule is CCC1CCN(CCOC)CC1. The van der Waals surface area contributed by atoms with E-state index in [1.165, 1.54) is 32.4 Å². The van der Waals surface area contributed by atoms with Crippen LogP contribution in [0.1, 0.15) is 26.2 Å². The molecule has 72 valence electrons. The summed E-state index contributed by atoms with van der Waals surface area (Å²) in [5, 5.41) is 0. The minimum absolute atomic E-state index is 0.886. The molecule has 0 bridgehead atoms. The zero-order chi connectivity index (χ0) is 8.81. The van der Waals surface area contributed by atoms with Crippen LogP contribution in [0.4, 0.5) is 0 Å². The number of nitrogens with zero attached hydrogens (tertiary/aromatic N) is 1. The van der Waals surface area contributed by atoms with Crippen molar-refractivity contribution in [3.05, 3.63) is 0 Å². The van der Waals surface area contributed by atoms with Crippen LogP contribution in [0.25, 0.3) is 0 Å². The van der Waals surface area contributed by atoms with Crippen molar-refractivity contribution < 1.29 is 4.74 Å². The molecule has 1 fully saturated rings. The maximum atomic E-state index is 5.06. The molecular formula is C10H21NO. The Morgan fingerprint density at radius 1 is 1.33 bits per heavy atom. The normalized spacial score (nSPS) is 21.5. The number of piperidine rings is 1. The Labute approximate surface area is 75.9 Å². The molecule has 0 aromatic carbocycles. The van der Waals surface area contributed by atoms with Crippen LogP contribution in [0.2, 0.25) is 0 Å². The smallest absolute Gasteiger partial charge is 0.0589 e. The van der Waals surface area contributed by atoms with Gasteiger partial charge in [0.05, 0.1) is 6.61 Å². The van der Waals surface area contributed by atoms with Crippen molar-refractivity contribution in [1.82, 2.24) is 4.90 Å². The molecule has 2 nitrogen and oxygen atoms in total. The monoisotopic (exact) mass is 171 g/mol. The van der Waals surface area contributed by atoms with Crippen molar-refractivity contribution in [2.45, 2.75) is 26.2 Å². The summed E-state index contributed by atoms with van der Waals surface area (Å²) in [6, 6.07) is 0. The number of hydrogen-bond acceptors (Lipinski definition) is 2. The zero-order valence-corrected chi connectivity index (χ0v) is 8.38. The Kier molecular flexibility index (Phi) is 4.62. The summed E-state index contributed by atoms with van der Waals surface area (Å²) >= 11 is 0. The lowest BCUT2D eigenvalue weighted by molar-refractivity contribution is 0.119. The van der Waals surface area contributed by atoms with Crippen LogP contribution >= 0.6 is 0 Å². The van der Waals surface area contributed by atoms with Crippen LogP contribution < -0.4 is 0 Å². The molecule has 12 heavy (non-hydrogen) atoms. The lowest BCUT2D eigenvalue weighted by Crippen LogP contribution is -2.35. The minimum Gasteiger partial charge on any atom is -0.383 e. The van der Waals surface area contributed by atoms with E-state index in [0.29, 0.717) is 0 Å². The molecule has 0 aromatic heterocycles. The van der Waals surface area contributed by atoms with E-state index in [1.807, 2.05) is 0 Å². The molecule has 0 atom stereocenters. The quantitative estimate of drug-likeness (QED) is 0.639. The largest absolute Gasteiger partial charge is 0.383 e. The van der Waals surface area contributed by atoms with Crippen molar-refractivity contribution >= 4 is 0 Å². The highest BCUT2D eigenvalue weighted by atomic mass is 16.5. The lowest BCUT2D eigenvalue weighted by Gasteiger charge is -2.31. The highest BCUT2D eigenvalue weighted by molar-refractivity contribution is 4.70. The Balaban J connectivity index is 2.09. The molecule has 2 heteroatoms. The molecule has 1 heterocycles. The summed E-state index contributed by atoms with van der Waals surface area (Å²) in [6.07, 6.45) is 4.14. The van der Waals surface area contributed by atoms with E-state index in [9.17, 15) is 0 Å². The molecule has 0 radical (unpaired) electrons. The Bertz CT molecular complexity index is 108. The third kappa shape index (κ3) is 3.11. The number of ether oxygens (including phenoxy) is 1. The van der Waals surface area contributed by atoms with Crippen molar-refractivity contribution in [2.75, 3.05) is 33.4 Å². The van der Waals surface area contributed by atoms with Gasteiger partial charge < -0.3 is 9.64 Å². The van der Waals surface area contributed by atoms with Crippen LogP contribution in [-0.2, 0) is 4.74 Å². The van der Waals surface area contributed by atoms with Gasteiger partial charge in [-0.1, -0.05) is 13.3 Å². The standard InChI is InChI=1S/C10H21NO/c1-3-10-4-6-11(7-5-10)8-9-12-2/h10H,3-9H2,1-2H3. The average molecular weight is 171 g/mol. The van der Waals surface area contributed by atoms with Crippen molar-refractivity contribution in [3.8, 4) is 0 Å². The second-order valence-electron chi connectivity index (χ2n) is 3.69. The van der Waals surface area contributed by atoms with Crippen molar-refractivity contribution in [2.24, 2.45) is 5.92 Å². The maximum absolute atomic E-state index is 5.06. The summed E-state index contributed by atoms with van der Waals surface area (Å²) in [7, 11) is 1.78. The van der Waals surface area contributed by atoms with Gasteiger partial charge in [-0.15, -0.1) is 0 Å². The molecular weight excluding hydrogens is 150 g/mol. The van der Waals surface area contributed by atoms with E-state index in [4.69, 9.17) is 4.74 Å². The molecule has 0 aliphatic carbocycles. The highest BCUT2D eigenvalue weighted by Gasteiger charge is 2.16. The molecule has 0 saturated carbocycles. The second-order valence-corrected chi connectivity index (χ2v) is 3.69. The zero-order valence-electron chi connectivity index (χ0n) is 8.38. The minimum atomic E-state index is 0.886. The van der Waals surface area contributed by atoms with E-state index in [1.54, 1.807) is 7.11 Å².